The molecule has 5 heteroatoms. The third kappa shape index (κ3) is 3.23. The fourth-order valence-electron chi connectivity index (χ4n) is 2.04. The molecule has 2 aromatic rings. The van der Waals surface area contributed by atoms with E-state index in [9.17, 15) is 0 Å². The summed E-state index contributed by atoms with van der Waals surface area (Å²) in [5.41, 5.74) is 1.31. The Balaban J connectivity index is 2.03. The minimum Gasteiger partial charge on any atom is -0.346 e. The topological polar surface area (TPSA) is 47.7 Å². The third-order valence-electron chi connectivity index (χ3n) is 3.48. The van der Waals surface area contributed by atoms with Crippen LogP contribution in [0.3, 0.4) is 0 Å². The fourth-order valence-corrected chi connectivity index (χ4v) is 2.04. The summed E-state index contributed by atoms with van der Waals surface area (Å²) in [4.78, 5) is 0. The summed E-state index contributed by atoms with van der Waals surface area (Å²) in [6, 6.07) is 2.55. The molecule has 1 atom stereocenters. The zero-order chi connectivity index (χ0) is 13.8. The molecule has 19 heavy (non-hydrogen) atoms. The summed E-state index contributed by atoms with van der Waals surface area (Å²) < 4.78 is 4.18. The Bertz CT molecular complexity index is 526. The van der Waals surface area contributed by atoms with Gasteiger partial charge in [0.1, 0.15) is 5.82 Å². The van der Waals surface area contributed by atoms with Gasteiger partial charge in [-0.2, -0.15) is 0 Å². The van der Waals surface area contributed by atoms with Gasteiger partial charge in [-0.1, -0.05) is 6.92 Å². The monoisotopic (exact) mass is 261 g/mol. The van der Waals surface area contributed by atoms with Crippen molar-refractivity contribution in [2.24, 2.45) is 7.05 Å². The van der Waals surface area contributed by atoms with Gasteiger partial charge in [-0.25, -0.2) is 0 Å². The number of nitrogens with one attached hydrogen (secondary N) is 1. The SMILES string of the molecule is CCCNC(C)c1ccn(Cc2nnc(C)n2C)c1. The summed E-state index contributed by atoms with van der Waals surface area (Å²) in [6.07, 6.45) is 5.43. The molecule has 0 fully saturated rings. The smallest absolute Gasteiger partial charge is 0.152 e. The molecule has 0 saturated carbocycles. The van der Waals surface area contributed by atoms with Gasteiger partial charge in [-0.3, -0.25) is 0 Å². The number of hydrogen-bond donors (Lipinski definition) is 1. The van der Waals surface area contributed by atoms with Gasteiger partial charge in [0, 0.05) is 25.5 Å². The predicted octanol–water partition coefficient (Wildman–Crippen LogP) is 2.03. The van der Waals surface area contributed by atoms with E-state index in [0.717, 1.165) is 31.2 Å². The van der Waals surface area contributed by atoms with Gasteiger partial charge in [0.15, 0.2) is 5.82 Å². The van der Waals surface area contributed by atoms with Gasteiger partial charge in [-0.15, -0.1) is 10.2 Å². The molecule has 2 rings (SSSR count). The van der Waals surface area contributed by atoms with E-state index in [1.807, 2.05) is 18.5 Å². The first-order valence-electron chi connectivity index (χ1n) is 6.85. The number of rotatable bonds is 6. The van der Waals surface area contributed by atoms with Crippen molar-refractivity contribution in [2.45, 2.75) is 39.8 Å². The van der Waals surface area contributed by atoms with E-state index in [0.29, 0.717) is 6.04 Å². The maximum absolute atomic E-state index is 4.19. The Morgan fingerprint density at radius 3 is 2.79 bits per heavy atom. The summed E-state index contributed by atoms with van der Waals surface area (Å²) >= 11 is 0. The van der Waals surface area contributed by atoms with E-state index in [1.165, 1.54) is 5.56 Å². The minimum atomic E-state index is 0.391. The molecule has 0 spiro atoms. The second-order valence-corrected chi connectivity index (χ2v) is 5.02. The molecule has 0 aromatic carbocycles. The van der Waals surface area contributed by atoms with Crippen molar-refractivity contribution in [3.63, 3.8) is 0 Å². The summed E-state index contributed by atoms with van der Waals surface area (Å²) in [7, 11) is 2.00. The highest BCUT2D eigenvalue weighted by Crippen LogP contribution is 2.13. The second-order valence-electron chi connectivity index (χ2n) is 5.02. The molecule has 104 valence electrons. The Morgan fingerprint density at radius 2 is 2.16 bits per heavy atom. The van der Waals surface area contributed by atoms with Crippen molar-refractivity contribution >= 4 is 0 Å². The van der Waals surface area contributed by atoms with E-state index in [-0.39, 0.29) is 0 Å². The van der Waals surface area contributed by atoms with Crippen LogP contribution in [0, 0.1) is 6.92 Å². The van der Waals surface area contributed by atoms with Crippen LogP contribution in [0.2, 0.25) is 0 Å². The van der Waals surface area contributed by atoms with Crippen LogP contribution in [0.15, 0.2) is 18.5 Å². The predicted molar refractivity (Wildman–Crippen MR) is 76.0 cm³/mol. The molecular weight excluding hydrogens is 238 g/mol. The van der Waals surface area contributed by atoms with Crippen molar-refractivity contribution in [2.75, 3.05) is 6.54 Å². The molecule has 0 aliphatic rings. The highest BCUT2D eigenvalue weighted by molar-refractivity contribution is 5.15. The maximum atomic E-state index is 4.19. The minimum absolute atomic E-state index is 0.391. The highest BCUT2D eigenvalue weighted by atomic mass is 15.3. The molecule has 2 aromatic heterocycles. The van der Waals surface area contributed by atoms with Crippen LogP contribution in [0.5, 0.6) is 0 Å². The first-order chi connectivity index (χ1) is 9.11. The molecule has 0 bridgehead atoms. The maximum Gasteiger partial charge on any atom is 0.152 e. The molecule has 0 saturated heterocycles. The van der Waals surface area contributed by atoms with E-state index >= 15 is 0 Å². The van der Waals surface area contributed by atoms with E-state index in [1.54, 1.807) is 0 Å². The standard InChI is InChI=1S/C14H23N5/c1-5-7-15-11(2)13-6-8-19(9-13)10-14-17-16-12(3)18(14)4/h6,8-9,11,15H,5,7,10H2,1-4H3. The zero-order valence-electron chi connectivity index (χ0n) is 12.2. The summed E-state index contributed by atoms with van der Waals surface area (Å²) in [6.45, 7) is 8.16. The lowest BCUT2D eigenvalue weighted by Crippen LogP contribution is -2.18. The van der Waals surface area contributed by atoms with Crippen LogP contribution in [0.1, 0.15) is 43.5 Å². The molecule has 0 radical (unpaired) electrons. The van der Waals surface area contributed by atoms with Crippen LogP contribution in [0.25, 0.3) is 0 Å². The van der Waals surface area contributed by atoms with Crippen LogP contribution in [-0.4, -0.2) is 25.9 Å². The van der Waals surface area contributed by atoms with Crippen molar-refractivity contribution in [1.29, 1.82) is 0 Å². The highest BCUT2D eigenvalue weighted by Gasteiger charge is 2.08. The van der Waals surface area contributed by atoms with Crippen LogP contribution >= 0.6 is 0 Å². The number of hydrogen-bond acceptors (Lipinski definition) is 3. The first kappa shape index (κ1) is 13.8. The van der Waals surface area contributed by atoms with Crippen molar-refractivity contribution in [3.05, 3.63) is 35.7 Å². The second kappa shape index (κ2) is 6.02. The average molecular weight is 261 g/mol. The molecule has 0 aliphatic carbocycles. The van der Waals surface area contributed by atoms with Gasteiger partial charge in [0.25, 0.3) is 0 Å². The molecule has 0 aliphatic heterocycles. The van der Waals surface area contributed by atoms with Crippen molar-refractivity contribution < 1.29 is 0 Å². The van der Waals surface area contributed by atoms with Gasteiger partial charge in [-0.05, 0) is 38.4 Å². The Labute approximate surface area is 114 Å². The van der Waals surface area contributed by atoms with E-state index in [2.05, 4.69) is 52.4 Å². The zero-order valence-corrected chi connectivity index (χ0v) is 12.2. The van der Waals surface area contributed by atoms with Gasteiger partial charge in [0.2, 0.25) is 0 Å². The molecule has 1 N–H and O–H groups in total. The molecule has 5 nitrogen and oxygen atoms in total. The molecule has 1 unspecified atom stereocenters. The quantitative estimate of drug-likeness (QED) is 0.865. The first-order valence-corrected chi connectivity index (χ1v) is 6.85. The fraction of sp³-hybridized carbons (Fsp3) is 0.571. The Morgan fingerprint density at radius 1 is 1.37 bits per heavy atom. The summed E-state index contributed by atoms with van der Waals surface area (Å²) in [5.74, 6) is 1.93. The van der Waals surface area contributed by atoms with Gasteiger partial charge < -0.3 is 14.5 Å². The van der Waals surface area contributed by atoms with E-state index < -0.39 is 0 Å². The molecular formula is C14H23N5. The molecule has 2 heterocycles. The lowest BCUT2D eigenvalue weighted by atomic mass is 10.2. The number of nitrogens with zero attached hydrogens (tertiary/aromatic N) is 4. The van der Waals surface area contributed by atoms with Crippen molar-refractivity contribution in [1.82, 2.24) is 24.6 Å². The van der Waals surface area contributed by atoms with Crippen LogP contribution in [-0.2, 0) is 13.6 Å². The number of aromatic nitrogens is 4. The van der Waals surface area contributed by atoms with Crippen LogP contribution in [0.4, 0.5) is 0 Å². The summed E-state index contributed by atoms with van der Waals surface area (Å²) in [5, 5.41) is 11.8. The lowest BCUT2D eigenvalue weighted by molar-refractivity contribution is 0.569. The normalized spacial score (nSPS) is 12.8. The number of aryl methyl sites for hydroxylation is 1. The lowest BCUT2D eigenvalue weighted by Gasteiger charge is -2.11. The van der Waals surface area contributed by atoms with Crippen molar-refractivity contribution in [3.8, 4) is 0 Å². The largest absolute Gasteiger partial charge is 0.346 e. The molecule has 0 amide bonds. The van der Waals surface area contributed by atoms with E-state index in [4.69, 9.17) is 0 Å². The van der Waals surface area contributed by atoms with Crippen LogP contribution < -0.4 is 5.32 Å². The third-order valence-corrected chi connectivity index (χ3v) is 3.48. The Kier molecular flexibility index (Phi) is 4.37. The van der Waals surface area contributed by atoms with Gasteiger partial charge in [0.05, 0.1) is 6.54 Å². The average Bonchev–Trinajstić information content (AvgIpc) is 2.98. The van der Waals surface area contributed by atoms with Gasteiger partial charge >= 0.3 is 0 Å². The Hall–Kier alpha value is -1.62.